The number of amides is 1. The molecule has 0 radical (unpaired) electrons. The second-order valence-corrected chi connectivity index (χ2v) is 4.81. The summed E-state index contributed by atoms with van der Waals surface area (Å²) in [4.78, 5) is 19.9. The molecule has 1 N–H and O–H groups in total. The normalized spacial score (nSPS) is 10.5. The summed E-state index contributed by atoms with van der Waals surface area (Å²) in [6, 6.07) is 9.28. The molecule has 0 saturated carbocycles. The van der Waals surface area contributed by atoms with Gasteiger partial charge in [0.1, 0.15) is 5.82 Å². The topological polar surface area (TPSA) is 80.9 Å². The molecular weight excluding hydrogens is 299 g/mol. The molecule has 1 amide bonds. The highest BCUT2D eigenvalue weighted by molar-refractivity contribution is 5.90. The van der Waals surface area contributed by atoms with Crippen LogP contribution in [0.3, 0.4) is 0 Å². The molecule has 23 heavy (non-hydrogen) atoms. The molecule has 2 heterocycles. The Morgan fingerprint density at radius 1 is 1.22 bits per heavy atom. The quantitative estimate of drug-likeness (QED) is 0.783. The number of rotatable bonds is 5. The van der Waals surface area contributed by atoms with Crippen molar-refractivity contribution in [1.82, 2.24) is 15.1 Å². The standard InChI is InChI=1S/C16H13FN4O2/c17-12-5-3-11(4-6-12)16-20-15(23-21-16)8-7-14(22)19-13-2-1-9-18-10-13/h1-6,9-10H,7-8H2,(H,19,22). The van der Waals surface area contributed by atoms with E-state index >= 15 is 0 Å². The summed E-state index contributed by atoms with van der Waals surface area (Å²) in [6.45, 7) is 0. The summed E-state index contributed by atoms with van der Waals surface area (Å²) < 4.78 is 18.0. The number of hydrogen-bond acceptors (Lipinski definition) is 5. The average molecular weight is 312 g/mol. The number of carbonyl (C=O) groups is 1. The molecule has 0 fully saturated rings. The number of halogens is 1. The fourth-order valence-electron chi connectivity index (χ4n) is 1.95. The SMILES string of the molecule is O=C(CCc1nc(-c2ccc(F)cc2)no1)Nc1cccnc1. The van der Waals surface area contributed by atoms with Gasteiger partial charge >= 0.3 is 0 Å². The van der Waals surface area contributed by atoms with Gasteiger partial charge in [0, 0.05) is 24.6 Å². The first-order valence-electron chi connectivity index (χ1n) is 6.99. The number of carbonyl (C=O) groups excluding carboxylic acids is 1. The first kappa shape index (κ1) is 14.8. The number of anilines is 1. The van der Waals surface area contributed by atoms with E-state index in [9.17, 15) is 9.18 Å². The molecule has 116 valence electrons. The van der Waals surface area contributed by atoms with E-state index in [2.05, 4.69) is 20.4 Å². The summed E-state index contributed by atoms with van der Waals surface area (Å²) in [5, 5.41) is 6.55. The van der Waals surface area contributed by atoms with Crippen molar-refractivity contribution < 1.29 is 13.7 Å². The highest BCUT2D eigenvalue weighted by atomic mass is 19.1. The highest BCUT2D eigenvalue weighted by Gasteiger charge is 2.11. The minimum atomic E-state index is -0.329. The van der Waals surface area contributed by atoms with Crippen molar-refractivity contribution in [2.75, 3.05) is 5.32 Å². The molecule has 0 saturated heterocycles. The molecule has 0 bridgehead atoms. The molecule has 0 unspecified atom stereocenters. The lowest BCUT2D eigenvalue weighted by Gasteiger charge is -2.02. The molecule has 2 aromatic heterocycles. The third kappa shape index (κ3) is 3.97. The van der Waals surface area contributed by atoms with Crippen molar-refractivity contribution in [2.45, 2.75) is 12.8 Å². The molecule has 0 atom stereocenters. The van der Waals surface area contributed by atoms with Gasteiger partial charge in [0.15, 0.2) is 0 Å². The van der Waals surface area contributed by atoms with Crippen LogP contribution in [0.5, 0.6) is 0 Å². The zero-order valence-corrected chi connectivity index (χ0v) is 12.1. The molecule has 3 aromatic rings. The predicted octanol–water partition coefficient (Wildman–Crippen LogP) is 2.84. The van der Waals surface area contributed by atoms with Gasteiger partial charge in [-0.1, -0.05) is 5.16 Å². The number of nitrogens with one attached hydrogen (secondary N) is 1. The van der Waals surface area contributed by atoms with E-state index in [-0.39, 0.29) is 18.1 Å². The summed E-state index contributed by atoms with van der Waals surface area (Å²) in [6.07, 6.45) is 3.72. The van der Waals surface area contributed by atoms with Crippen LogP contribution in [-0.4, -0.2) is 21.0 Å². The van der Waals surface area contributed by atoms with Crippen molar-refractivity contribution >= 4 is 11.6 Å². The Balaban J connectivity index is 1.57. The van der Waals surface area contributed by atoms with Gasteiger partial charge in [-0.25, -0.2) is 4.39 Å². The lowest BCUT2D eigenvalue weighted by Crippen LogP contribution is -2.12. The van der Waals surface area contributed by atoms with Gasteiger partial charge in [0.25, 0.3) is 0 Å². The first-order valence-corrected chi connectivity index (χ1v) is 6.99. The monoisotopic (exact) mass is 312 g/mol. The molecule has 6 nitrogen and oxygen atoms in total. The van der Waals surface area contributed by atoms with Crippen LogP contribution in [0.1, 0.15) is 12.3 Å². The molecule has 0 aliphatic heterocycles. The Morgan fingerprint density at radius 3 is 2.78 bits per heavy atom. The van der Waals surface area contributed by atoms with Gasteiger partial charge in [-0.2, -0.15) is 4.98 Å². The van der Waals surface area contributed by atoms with Crippen LogP contribution >= 0.6 is 0 Å². The largest absolute Gasteiger partial charge is 0.339 e. The van der Waals surface area contributed by atoms with Gasteiger partial charge in [-0.15, -0.1) is 0 Å². The molecule has 0 aliphatic rings. The smallest absolute Gasteiger partial charge is 0.227 e. The molecule has 0 aliphatic carbocycles. The number of pyridine rings is 1. The Morgan fingerprint density at radius 2 is 2.04 bits per heavy atom. The Hall–Kier alpha value is -3.09. The molecule has 0 spiro atoms. The molecule has 1 aromatic carbocycles. The second-order valence-electron chi connectivity index (χ2n) is 4.81. The Labute approximate surface area is 131 Å². The molecular formula is C16H13FN4O2. The van der Waals surface area contributed by atoms with E-state index in [1.54, 1.807) is 36.7 Å². The lowest BCUT2D eigenvalue weighted by molar-refractivity contribution is -0.116. The zero-order chi connectivity index (χ0) is 16.1. The van der Waals surface area contributed by atoms with Crippen LogP contribution in [0.25, 0.3) is 11.4 Å². The van der Waals surface area contributed by atoms with Crippen LogP contribution in [0.2, 0.25) is 0 Å². The number of benzene rings is 1. The maximum absolute atomic E-state index is 12.9. The van der Waals surface area contributed by atoms with Crippen molar-refractivity contribution in [2.24, 2.45) is 0 Å². The lowest BCUT2D eigenvalue weighted by atomic mass is 10.2. The third-order valence-electron chi connectivity index (χ3n) is 3.08. The number of nitrogens with zero attached hydrogens (tertiary/aromatic N) is 3. The summed E-state index contributed by atoms with van der Waals surface area (Å²) in [7, 11) is 0. The van der Waals surface area contributed by atoms with Crippen molar-refractivity contribution in [3.8, 4) is 11.4 Å². The van der Waals surface area contributed by atoms with E-state index < -0.39 is 0 Å². The minimum Gasteiger partial charge on any atom is -0.339 e. The molecule has 7 heteroatoms. The maximum Gasteiger partial charge on any atom is 0.227 e. The summed E-state index contributed by atoms with van der Waals surface area (Å²) >= 11 is 0. The first-order chi connectivity index (χ1) is 11.2. The summed E-state index contributed by atoms with van der Waals surface area (Å²) in [5.74, 6) is 0.224. The van der Waals surface area contributed by atoms with Crippen molar-refractivity contribution in [3.05, 3.63) is 60.5 Å². The van der Waals surface area contributed by atoms with Crippen molar-refractivity contribution in [3.63, 3.8) is 0 Å². The van der Waals surface area contributed by atoms with Crippen LogP contribution in [0.15, 0.2) is 53.3 Å². The van der Waals surface area contributed by atoms with Crippen LogP contribution < -0.4 is 5.32 Å². The van der Waals surface area contributed by atoms with E-state index in [0.717, 1.165) is 0 Å². The Kier molecular flexibility index (Phi) is 4.37. The average Bonchev–Trinajstić information content (AvgIpc) is 3.04. The fourth-order valence-corrected chi connectivity index (χ4v) is 1.95. The van der Waals surface area contributed by atoms with Crippen LogP contribution in [0, 0.1) is 5.82 Å². The van der Waals surface area contributed by atoms with Gasteiger partial charge in [0.05, 0.1) is 11.9 Å². The van der Waals surface area contributed by atoms with Gasteiger partial charge in [-0.3, -0.25) is 9.78 Å². The van der Waals surface area contributed by atoms with Gasteiger partial charge in [-0.05, 0) is 36.4 Å². The molecule has 3 rings (SSSR count). The fraction of sp³-hybridized carbons (Fsp3) is 0.125. The van der Waals surface area contributed by atoms with Crippen LogP contribution in [-0.2, 0) is 11.2 Å². The van der Waals surface area contributed by atoms with Crippen LogP contribution in [0.4, 0.5) is 10.1 Å². The van der Waals surface area contributed by atoms with E-state index in [1.807, 2.05) is 0 Å². The minimum absolute atomic E-state index is 0.167. The highest BCUT2D eigenvalue weighted by Crippen LogP contribution is 2.16. The Bertz CT molecular complexity index is 787. The number of aromatic nitrogens is 3. The third-order valence-corrected chi connectivity index (χ3v) is 3.08. The van der Waals surface area contributed by atoms with Gasteiger partial charge < -0.3 is 9.84 Å². The number of aryl methyl sites for hydroxylation is 1. The number of hydrogen-bond donors (Lipinski definition) is 1. The second kappa shape index (κ2) is 6.78. The van der Waals surface area contributed by atoms with E-state index in [0.29, 0.717) is 29.4 Å². The van der Waals surface area contributed by atoms with E-state index in [1.165, 1.54) is 12.1 Å². The maximum atomic E-state index is 12.9. The van der Waals surface area contributed by atoms with Crippen molar-refractivity contribution in [1.29, 1.82) is 0 Å². The zero-order valence-electron chi connectivity index (χ0n) is 12.1. The van der Waals surface area contributed by atoms with E-state index in [4.69, 9.17) is 4.52 Å². The predicted molar refractivity (Wildman–Crippen MR) is 80.9 cm³/mol. The van der Waals surface area contributed by atoms with Gasteiger partial charge in [0.2, 0.25) is 17.6 Å². The summed E-state index contributed by atoms with van der Waals surface area (Å²) in [5.41, 5.74) is 1.29.